The molecule has 1 aromatic rings. The highest BCUT2D eigenvalue weighted by molar-refractivity contribution is 5.44. The van der Waals surface area contributed by atoms with E-state index in [1.807, 2.05) is 11.8 Å². The van der Waals surface area contributed by atoms with E-state index in [-0.39, 0.29) is 6.04 Å². The molecular formula is C12H15N3O2. The summed E-state index contributed by atoms with van der Waals surface area (Å²) < 4.78 is 10.7. The summed E-state index contributed by atoms with van der Waals surface area (Å²) >= 11 is 0. The Labute approximate surface area is 101 Å². The van der Waals surface area contributed by atoms with E-state index in [9.17, 15) is 0 Å². The molecule has 0 saturated carbocycles. The second kappa shape index (κ2) is 5.51. The van der Waals surface area contributed by atoms with Gasteiger partial charge in [-0.1, -0.05) is 5.92 Å². The molecule has 0 N–H and O–H groups in total. The molecule has 1 aliphatic heterocycles. The number of hydrogen-bond acceptors (Lipinski definition) is 5. The number of nitrogens with zero attached hydrogens (tertiary/aromatic N) is 3. The van der Waals surface area contributed by atoms with E-state index in [0.29, 0.717) is 25.7 Å². The molecule has 0 unspecified atom stereocenters. The van der Waals surface area contributed by atoms with Gasteiger partial charge in [0.25, 0.3) is 0 Å². The minimum atomic E-state index is -0.0758. The van der Waals surface area contributed by atoms with Crippen molar-refractivity contribution in [1.29, 1.82) is 0 Å². The number of ether oxygens (including phenoxy) is 2. The summed E-state index contributed by atoms with van der Waals surface area (Å²) in [6, 6.07) is 1.73. The zero-order valence-corrected chi connectivity index (χ0v) is 9.80. The van der Waals surface area contributed by atoms with Gasteiger partial charge in [-0.05, 0) is 6.92 Å². The van der Waals surface area contributed by atoms with Crippen molar-refractivity contribution < 1.29 is 9.47 Å². The predicted molar refractivity (Wildman–Crippen MR) is 64.0 cm³/mol. The van der Waals surface area contributed by atoms with Gasteiger partial charge in [-0.3, -0.25) is 0 Å². The molecule has 1 aromatic heterocycles. The highest BCUT2D eigenvalue weighted by atomic mass is 16.5. The van der Waals surface area contributed by atoms with Gasteiger partial charge in [0.2, 0.25) is 5.88 Å². The quantitative estimate of drug-likeness (QED) is 0.720. The SMILES string of the molecule is C#C[C@H]1COCCN1c1cc(OCC)ncn1. The third-order valence-electron chi connectivity index (χ3n) is 2.53. The molecule has 1 saturated heterocycles. The van der Waals surface area contributed by atoms with Gasteiger partial charge in [0.05, 0.1) is 19.8 Å². The average Bonchev–Trinajstić information content (AvgIpc) is 2.39. The van der Waals surface area contributed by atoms with Crippen LogP contribution in [0.25, 0.3) is 0 Å². The number of morpholine rings is 1. The second-order valence-corrected chi connectivity index (χ2v) is 3.60. The monoisotopic (exact) mass is 233 g/mol. The number of terminal acetylenes is 1. The highest BCUT2D eigenvalue weighted by Crippen LogP contribution is 2.19. The zero-order chi connectivity index (χ0) is 12.1. The molecule has 2 heterocycles. The third kappa shape index (κ3) is 2.66. The Morgan fingerprint density at radius 3 is 3.29 bits per heavy atom. The summed E-state index contributed by atoms with van der Waals surface area (Å²) in [5.74, 6) is 4.06. The molecular weight excluding hydrogens is 218 g/mol. The van der Waals surface area contributed by atoms with Gasteiger partial charge in [-0.15, -0.1) is 6.42 Å². The van der Waals surface area contributed by atoms with Crippen LogP contribution in [0.4, 0.5) is 5.82 Å². The molecule has 0 spiro atoms. The zero-order valence-electron chi connectivity index (χ0n) is 9.80. The number of hydrogen-bond donors (Lipinski definition) is 0. The lowest BCUT2D eigenvalue weighted by atomic mass is 10.2. The van der Waals surface area contributed by atoms with Crippen molar-refractivity contribution in [2.75, 3.05) is 31.3 Å². The lowest BCUT2D eigenvalue weighted by Crippen LogP contribution is -2.45. The van der Waals surface area contributed by atoms with Gasteiger partial charge >= 0.3 is 0 Å². The lowest BCUT2D eigenvalue weighted by molar-refractivity contribution is 0.107. The topological polar surface area (TPSA) is 47.5 Å². The molecule has 2 rings (SSSR count). The van der Waals surface area contributed by atoms with Crippen molar-refractivity contribution in [2.24, 2.45) is 0 Å². The Balaban J connectivity index is 2.20. The first-order valence-electron chi connectivity index (χ1n) is 5.60. The van der Waals surface area contributed by atoms with E-state index >= 15 is 0 Å². The third-order valence-corrected chi connectivity index (χ3v) is 2.53. The Morgan fingerprint density at radius 1 is 1.65 bits per heavy atom. The maximum atomic E-state index is 5.48. The number of anilines is 1. The van der Waals surface area contributed by atoms with Gasteiger partial charge in [-0.2, -0.15) is 0 Å². The van der Waals surface area contributed by atoms with Crippen molar-refractivity contribution in [3.8, 4) is 18.2 Å². The second-order valence-electron chi connectivity index (χ2n) is 3.60. The molecule has 90 valence electrons. The minimum absolute atomic E-state index is 0.0758. The molecule has 5 heteroatoms. The van der Waals surface area contributed by atoms with Crippen LogP contribution >= 0.6 is 0 Å². The first kappa shape index (κ1) is 11.7. The summed E-state index contributed by atoms with van der Waals surface area (Å²) in [7, 11) is 0. The largest absolute Gasteiger partial charge is 0.478 e. The summed E-state index contributed by atoms with van der Waals surface area (Å²) in [6.07, 6.45) is 6.97. The van der Waals surface area contributed by atoms with Crippen molar-refractivity contribution in [1.82, 2.24) is 9.97 Å². The minimum Gasteiger partial charge on any atom is -0.478 e. The van der Waals surface area contributed by atoms with E-state index in [1.54, 1.807) is 6.07 Å². The highest BCUT2D eigenvalue weighted by Gasteiger charge is 2.22. The Hall–Kier alpha value is -1.80. The van der Waals surface area contributed by atoms with Crippen LogP contribution in [0.3, 0.4) is 0 Å². The van der Waals surface area contributed by atoms with E-state index in [4.69, 9.17) is 15.9 Å². The smallest absolute Gasteiger partial charge is 0.218 e. The van der Waals surface area contributed by atoms with Crippen LogP contribution in [0.1, 0.15) is 6.92 Å². The first-order valence-corrected chi connectivity index (χ1v) is 5.60. The normalized spacial score (nSPS) is 19.8. The van der Waals surface area contributed by atoms with Crippen LogP contribution in [-0.4, -0.2) is 42.4 Å². The van der Waals surface area contributed by atoms with E-state index in [0.717, 1.165) is 12.4 Å². The molecule has 1 atom stereocenters. The van der Waals surface area contributed by atoms with Gasteiger partial charge in [0, 0.05) is 12.6 Å². The van der Waals surface area contributed by atoms with Crippen LogP contribution in [0.5, 0.6) is 5.88 Å². The molecule has 0 aromatic carbocycles. The standard InChI is InChI=1S/C12H15N3O2/c1-3-10-8-16-6-5-15(10)11-7-12(17-4-2)14-9-13-11/h1,7,9-10H,4-6,8H2,2H3/t10-/m0/s1. The van der Waals surface area contributed by atoms with Crippen LogP contribution in [0.2, 0.25) is 0 Å². The van der Waals surface area contributed by atoms with E-state index in [2.05, 4.69) is 15.9 Å². The molecule has 0 aliphatic carbocycles. The van der Waals surface area contributed by atoms with Crippen LogP contribution in [0.15, 0.2) is 12.4 Å². The molecule has 0 radical (unpaired) electrons. The average molecular weight is 233 g/mol. The van der Waals surface area contributed by atoms with Crippen LogP contribution in [0, 0.1) is 12.3 Å². The van der Waals surface area contributed by atoms with Gasteiger partial charge < -0.3 is 14.4 Å². The molecule has 5 nitrogen and oxygen atoms in total. The van der Waals surface area contributed by atoms with Crippen molar-refractivity contribution >= 4 is 5.82 Å². The molecule has 1 fully saturated rings. The number of rotatable bonds is 3. The molecule has 1 aliphatic rings. The van der Waals surface area contributed by atoms with E-state index < -0.39 is 0 Å². The summed E-state index contributed by atoms with van der Waals surface area (Å²) in [6.45, 7) is 4.42. The maximum Gasteiger partial charge on any atom is 0.218 e. The maximum absolute atomic E-state index is 5.48. The van der Waals surface area contributed by atoms with Gasteiger partial charge in [-0.25, -0.2) is 9.97 Å². The Kier molecular flexibility index (Phi) is 3.78. The number of aromatic nitrogens is 2. The van der Waals surface area contributed by atoms with Crippen molar-refractivity contribution in [3.05, 3.63) is 12.4 Å². The van der Waals surface area contributed by atoms with Crippen LogP contribution in [-0.2, 0) is 4.74 Å². The lowest BCUT2D eigenvalue weighted by Gasteiger charge is -2.33. The van der Waals surface area contributed by atoms with Crippen LogP contribution < -0.4 is 9.64 Å². The predicted octanol–water partition coefficient (Wildman–Crippen LogP) is 0.714. The first-order chi connectivity index (χ1) is 8.35. The van der Waals surface area contributed by atoms with Crippen molar-refractivity contribution in [3.63, 3.8) is 0 Å². The fourth-order valence-electron chi connectivity index (χ4n) is 1.73. The summed E-state index contributed by atoms with van der Waals surface area (Å²) in [4.78, 5) is 10.3. The van der Waals surface area contributed by atoms with Gasteiger partial charge in [0.15, 0.2) is 0 Å². The molecule has 17 heavy (non-hydrogen) atoms. The summed E-state index contributed by atoms with van der Waals surface area (Å²) in [5.41, 5.74) is 0. The fourth-order valence-corrected chi connectivity index (χ4v) is 1.73. The van der Waals surface area contributed by atoms with E-state index in [1.165, 1.54) is 6.33 Å². The van der Waals surface area contributed by atoms with Gasteiger partial charge in [0.1, 0.15) is 18.2 Å². The Morgan fingerprint density at radius 2 is 2.53 bits per heavy atom. The summed E-state index contributed by atoms with van der Waals surface area (Å²) in [5, 5.41) is 0. The molecule has 0 bridgehead atoms. The molecule has 0 amide bonds. The Bertz CT molecular complexity index is 416. The fraction of sp³-hybridized carbons (Fsp3) is 0.500. The van der Waals surface area contributed by atoms with Crippen molar-refractivity contribution in [2.45, 2.75) is 13.0 Å².